The van der Waals surface area contributed by atoms with Gasteiger partial charge >= 0.3 is 0 Å². The summed E-state index contributed by atoms with van der Waals surface area (Å²) in [4.78, 5) is 11.1. The summed E-state index contributed by atoms with van der Waals surface area (Å²) in [7, 11) is 0. The maximum atomic E-state index is 11.4. The molecule has 0 radical (unpaired) electrons. The molecule has 0 saturated heterocycles. The Morgan fingerprint density at radius 3 is 2.41 bits per heavy atom. The number of hydrogen-bond donors (Lipinski definition) is 0. The zero-order valence-electron chi connectivity index (χ0n) is 13.3. The van der Waals surface area contributed by atoms with E-state index < -0.39 is 0 Å². The topological polar surface area (TPSA) is 43.1 Å². The Bertz CT molecular complexity index is 700. The number of allylic oxidation sites excluding steroid dienone is 1. The van der Waals surface area contributed by atoms with Crippen LogP contribution in [0.2, 0.25) is 0 Å². The van der Waals surface area contributed by atoms with Gasteiger partial charge in [0.2, 0.25) is 0 Å². The highest BCUT2D eigenvalue weighted by Crippen LogP contribution is 2.18. The minimum Gasteiger partial charge on any atom is -0.259 e. The lowest BCUT2D eigenvalue weighted by molar-refractivity contribution is -0.425. The molecule has 0 spiro atoms. The van der Waals surface area contributed by atoms with E-state index in [2.05, 4.69) is 6.92 Å². The molecule has 3 nitrogen and oxygen atoms in total. The third kappa shape index (κ3) is 4.04. The maximum absolute atomic E-state index is 11.4. The molecular formula is C19H21NO2. The molecule has 0 fully saturated rings. The normalized spacial score (nSPS) is 11.5. The quantitative estimate of drug-likeness (QED) is 0.591. The van der Waals surface area contributed by atoms with Gasteiger partial charge in [0.05, 0.1) is 11.3 Å². The lowest BCUT2D eigenvalue weighted by Crippen LogP contribution is -2.04. The summed E-state index contributed by atoms with van der Waals surface area (Å²) >= 11 is 0. The summed E-state index contributed by atoms with van der Waals surface area (Å²) in [5.74, 6) is 0. The number of hydrogen-bond acceptors (Lipinski definition) is 2. The van der Waals surface area contributed by atoms with Crippen molar-refractivity contribution in [2.75, 3.05) is 0 Å². The van der Waals surface area contributed by atoms with E-state index in [1.54, 1.807) is 6.08 Å². The SMILES string of the molecule is CCc1ccc(/C=C(\Cc2cc(C)ccc2C)[N+](=O)[O-])cc1. The van der Waals surface area contributed by atoms with Crippen molar-refractivity contribution < 1.29 is 4.92 Å². The molecule has 2 aromatic carbocycles. The molecule has 0 aliphatic heterocycles. The van der Waals surface area contributed by atoms with Gasteiger partial charge in [-0.25, -0.2) is 0 Å². The average Bonchev–Trinajstić information content (AvgIpc) is 2.50. The van der Waals surface area contributed by atoms with Crippen LogP contribution in [0.1, 0.15) is 34.7 Å². The lowest BCUT2D eigenvalue weighted by atomic mass is 10.0. The molecule has 2 rings (SSSR count). The van der Waals surface area contributed by atoms with Gasteiger partial charge in [0.15, 0.2) is 0 Å². The molecule has 0 aromatic heterocycles. The third-order valence-electron chi connectivity index (χ3n) is 3.83. The highest BCUT2D eigenvalue weighted by Gasteiger charge is 2.13. The van der Waals surface area contributed by atoms with E-state index in [9.17, 15) is 10.1 Å². The molecule has 0 bridgehead atoms. The molecule has 0 N–H and O–H groups in total. The Morgan fingerprint density at radius 1 is 1.14 bits per heavy atom. The van der Waals surface area contributed by atoms with E-state index in [0.717, 1.165) is 28.7 Å². The van der Waals surface area contributed by atoms with Crippen LogP contribution in [-0.4, -0.2) is 4.92 Å². The molecular weight excluding hydrogens is 274 g/mol. The lowest BCUT2D eigenvalue weighted by Gasteiger charge is -2.06. The van der Waals surface area contributed by atoms with E-state index in [-0.39, 0.29) is 10.6 Å². The van der Waals surface area contributed by atoms with Crippen molar-refractivity contribution in [1.29, 1.82) is 0 Å². The predicted molar refractivity (Wildman–Crippen MR) is 90.4 cm³/mol. The second-order valence-electron chi connectivity index (χ2n) is 5.59. The fourth-order valence-corrected chi connectivity index (χ4v) is 2.40. The number of aryl methyl sites for hydroxylation is 3. The van der Waals surface area contributed by atoms with Crippen LogP contribution in [0, 0.1) is 24.0 Å². The summed E-state index contributed by atoms with van der Waals surface area (Å²) < 4.78 is 0. The zero-order valence-corrected chi connectivity index (χ0v) is 13.3. The van der Waals surface area contributed by atoms with Gasteiger partial charge in [-0.2, -0.15) is 0 Å². The van der Waals surface area contributed by atoms with Crippen LogP contribution >= 0.6 is 0 Å². The van der Waals surface area contributed by atoms with E-state index in [0.29, 0.717) is 6.42 Å². The van der Waals surface area contributed by atoms with Gasteiger partial charge in [0.25, 0.3) is 5.70 Å². The van der Waals surface area contributed by atoms with Crippen molar-refractivity contribution >= 4 is 6.08 Å². The standard InChI is InChI=1S/C19H21NO2/c1-4-16-7-9-17(10-8-16)12-19(20(21)22)13-18-11-14(2)5-6-15(18)3/h5-12H,4,13H2,1-3H3/b19-12+. The van der Waals surface area contributed by atoms with E-state index in [4.69, 9.17) is 0 Å². The first-order valence-electron chi connectivity index (χ1n) is 7.49. The zero-order chi connectivity index (χ0) is 16.1. The largest absolute Gasteiger partial charge is 0.259 e. The minimum absolute atomic E-state index is 0.220. The van der Waals surface area contributed by atoms with Crippen molar-refractivity contribution in [3.8, 4) is 0 Å². The Hall–Kier alpha value is -2.42. The van der Waals surface area contributed by atoms with Crippen LogP contribution in [0.15, 0.2) is 48.2 Å². The molecule has 2 aromatic rings. The summed E-state index contributed by atoms with van der Waals surface area (Å²) in [6.45, 7) is 6.08. The van der Waals surface area contributed by atoms with Gasteiger partial charge in [-0.15, -0.1) is 0 Å². The second-order valence-corrected chi connectivity index (χ2v) is 5.59. The fraction of sp³-hybridized carbons (Fsp3) is 0.263. The van der Waals surface area contributed by atoms with E-state index >= 15 is 0 Å². The molecule has 0 aliphatic carbocycles. The fourth-order valence-electron chi connectivity index (χ4n) is 2.40. The molecule has 0 saturated carbocycles. The Labute approximate surface area is 131 Å². The molecule has 0 unspecified atom stereocenters. The summed E-state index contributed by atoms with van der Waals surface area (Å²) in [6, 6.07) is 14.0. The number of nitrogens with zero attached hydrogens (tertiary/aromatic N) is 1. The van der Waals surface area contributed by atoms with Gasteiger partial charge in [-0.3, -0.25) is 10.1 Å². The van der Waals surface area contributed by atoms with Crippen LogP contribution in [0.3, 0.4) is 0 Å². The van der Waals surface area contributed by atoms with Gasteiger partial charge in [-0.1, -0.05) is 55.0 Å². The van der Waals surface area contributed by atoms with Crippen molar-refractivity contribution in [2.24, 2.45) is 0 Å². The highest BCUT2D eigenvalue weighted by molar-refractivity contribution is 5.52. The second kappa shape index (κ2) is 7.03. The smallest absolute Gasteiger partial charge is 0.251 e. The molecule has 3 heteroatoms. The van der Waals surface area contributed by atoms with Crippen molar-refractivity contribution in [1.82, 2.24) is 0 Å². The van der Waals surface area contributed by atoms with Gasteiger partial charge < -0.3 is 0 Å². The molecule has 0 aliphatic rings. The molecule has 22 heavy (non-hydrogen) atoms. The third-order valence-corrected chi connectivity index (χ3v) is 3.83. The highest BCUT2D eigenvalue weighted by atomic mass is 16.6. The van der Waals surface area contributed by atoms with Crippen LogP contribution in [-0.2, 0) is 12.8 Å². The van der Waals surface area contributed by atoms with Crippen molar-refractivity contribution in [3.63, 3.8) is 0 Å². The van der Waals surface area contributed by atoms with Crippen molar-refractivity contribution in [3.05, 3.63) is 86.1 Å². The van der Waals surface area contributed by atoms with Crippen molar-refractivity contribution in [2.45, 2.75) is 33.6 Å². The monoisotopic (exact) mass is 295 g/mol. The maximum Gasteiger partial charge on any atom is 0.251 e. The van der Waals surface area contributed by atoms with E-state index in [1.165, 1.54) is 5.56 Å². The van der Waals surface area contributed by atoms with Crippen LogP contribution in [0.5, 0.6) is 0 Å². The number of benzene rings is 2. The average molecular weight is 295 g/mol. The first kappa shape index (κ1) is 16.0. The molecule has 0 heterocycles. The Morgan fingerprint density at radius 2 is 1.82 bits per heavy atom. The predicted octanol–water partition coefficient (Wildman–Crippen LogP) is 4.73. The van der Waals surface area contributed by atoms with Crippen LogP contribution in [0.25, 0.3) is 6.08 Å². The van der Waals surface area contributed by atoms with Crippen LogP contribution < -0.4 is 0 Å². The Kier molecular flexibility index (Phi) is 5.10. The van der Waals surface area contributed by atoms with Gasteiger partial charge in [0, 0.05) is 6.08 Å². The summed E-state index contributed by atoms with van der Waals surface area (Å²) in [6.07, 6.45) is 2.98. The minimum atomic E-state index is -0.282. The number of nitro groups is 1. The summed E-state index contributed by atoms with van der Waals surface area (Å²) in [5.41, 5.74) is 5.53. The van der Waals surface area contributed by atoms with E-state index in [1.807, 2.05) is 56.3 Å². The van der Waals surface area contributed by atoms with Crippen LogP contribution in [0.4, 0.5) is 0 Å². The molecule has 0 amide bonds. The first-order valence-corrected chi connectivity index (χ1v) is 7.49. The Balaban J connectivity index is 2.31. The molecule has 114 valence electrons. The summed E-state index contributed by atoms with van der Waals surface area (Å²) in [5, 5.41) is 11.4. The first-order chi connectivity index (χ1) is 10.5. The molecule has 0 atom stereocenters. The van der Waals surface area contributed by atoms with Gasteiger partial charge in [0.1, 0.15) is 0 Å². The van der Waals surface area contributed by atoms with Gasteiger partial charge in [-0.05, 0) is 42.5 Å². The number of rotatable bonds is 5.